The lowest BCUT2D eigenvalue weighted by Crippen LogP contribution is -2.29. The van der Waals surface area contributed by atoms with Crippen molar-refractivity contribution in [2.24, 2.45) is 11.8 Å². The predicted molar refractivity (Wildman–Crippen MR) is 80.5 cm³/mol. The summed E-state index contributed by atoms with van der Waals surface area (Å²) in [5, 5.41) is 3.49. The van der Waals surface area contributed by atoms with Gasteiger partial charge in [0.05, 0.1) is 6.61 Å². The molecule has 0 saturated carbocycles. The normalized spacial score (nSPS) is 13.2. The number of rotatable bonds is 9. The molecule has 1 aromatic rings. The summed E-state index contributed by atoms with van der Waals surface area (Å²) in [4.78, 5) is 3.03. The summed E-state index contributed by atoms with van der Waals surface area (Å²) in [5.41, 5.74) is 0. The number of hydrogen-bond acceptors (Lipinski definition) is 3. The third-order valence-electron chi connectivity index (χ3n) is 3.36. The highest BCUT2D eigenvalue weighted by Gasteiger charge is 2.14. The van der Waals surface area contributed by atoms with Gasteiger partial charge in [0.1, 0.15) is 0 Å². The third kappa shape index (κ3) is 5.51. The van der Waals surface area contributed by atoms with Gasteiger partial charge in [0.15, 0.2) is 0 Å². The van der Waals surface area contributed by atoms with E-state index in [0.717, 1.165) is 26.1 Å². The molecule has 0 aliphatic rings. The first-order valence-electron chi connectivity index (χ1n) is 6.94. The quantitative estimate of drug-likeness (QED) is 0.694. The van der Waals surface area contributed by atoms with Crippen LogP contribution in [0.2, 0.25) is 0 Å². The van der Waals surface area contributed by atoms with Gasteiger partial charge in [-0.15, -0.1) is 11.3 Å². The molecule has 0 radical (unpaired) electrons. The second kappa shape index (κ2) is 8.68. The summed E-state index contributed by atoms with van der Waals surface area (Å²) in [6.07, 6.45) is 2.35. The minimum Gasteiger partial charge on any atom is -0.383 e. The Morgan fingerprint density at radius 2 is 2.00 bits per heavy atom. The second-order valence-electron chi connectivity index (χ2n) is 5.13. The summed E-state index contributed by atoms with van der Waals surface area (Å²) in [5.74, 6) is 1.43. The van der Waals surface area contributed by atoms with Gasteiger partial charge in [-0.2, -0.15) is 0 Å². The first-order valence-corrected chi connectivity index (χ1v) is 7.76. The van der Waals surface area contributed by atoms with E-state index in [-0.39, 0.29) is 0 Å². The van der Waals surface area contributed by atoms with E-state index in [1.165, 1.54) is 16.2 Å². The Morgan fingerprint density at radius 1 is 1.28 bits per heavy atom. The van der Waals surface area contributed by atoms with E-state index in [9.17, 15) is 0 Å². The molecular formula is C15H27NOS. The summed E-state index contributed by atoms with van der Waals surface area (Å²) in [6, 6.07) is 4.57. The zero-order chi connectivity index (χ0) is 13.4. The van der Waals surface area contributed by atoms with E-state index >= 15 is 0 Å². The van der Waals surface area contributed by atoms with Crippen LogP contribution in [0, 0.1) is 11.8 Å². The van der Waals surface area contributed by atoms with Crippen LogP contribution in [0.3, 0.4) is 0 Å². The largest absolute Gasteiger partial charge is 0.383 e. The molecule has 0 aromatic carbocycles. The molecule has 18 heavy (non-hydrogen) atoms. The average Bonchev–Trinajstić information content (AvgIpc) is 2.80. The van der Waals surface area contributed by atoms with E-state index in [0.29, 0.717) is 11.8 Å². The first kappa shape index (κ1) is 15.7. The molecule has 1 heterocycles. The highest BCUT2D eigenvalue weighted by molar-refractivity contribution is 7.11. The maximum atomic E-state index is 5.06. The Labute approximate surface area is 116 Å². The molecule has 0 fully saturated rings. The molecule has 0 aliphatic carbocycles. The number of hydrogen-bond donors (Lipinski definition) is 1. The predicted octanol–water partition coefficient (Wildman–Crippen LogP) is 3.36. The molecule has 1 atom stereocenters. The molecule has 0 aliphatic heterocycles. The Kier molecular flexibility index (Phi) is 7.56. The molecule has 0 amide bonds. The molecule has 1 rings (SSSR count). The van der Waals surface area contributed by atoms with E-state index in [1.54, 1.807) is 7.11 Å². The van der Waals surface area contributed by atoms with E-state index in [2.05, 4.69) is 38.2 Å². The van der Waals surface area contributed by atoms with Crippen LogP contribution in [0.4, 0.5) is 0 Å². The van der Waals surface area contributed by atoms with Crippen molar-refractivity contribution in [3.05, 3.63) is 21.9 Å². The van der Waals surface area contributed by atoms with Crippen molar-refractivity contribution < 1.29 is 4.74 Å². The van der Waals surface area contributed by atoms with Gasteiger partial charge in [0.25, 0.3) is 0 Å². The minimum absolute atomic E-state index is 0.713. The van der Waals surface area contributed by atoms with Gasteiger partial charge in [-0.3, -0.25) is 0 Å². The maximum absolute atomic E-state index is 5.06. The number of aryl methyl sites for hydroxylation is 1. The molecule has 3 heteroatoms. The molecule has 1 aromatic heterocycles. The summed E-state index contributed by atoms with van der Waals surface area (Å²) < 4.78 is 5.06. The zero-order valence-electron chi connectivity index (χ0n) is 12.2. The van der Waals surface area contributed by atoms with Gasteiger partial charge in [-0.25, -0.2) is 0 Å². The van der Waals surface area contributed by atoms with E-state index < -0.39 is 0 Å². The van der Waals surface area contributed by atoms with Crippen LogP contribution in [-0.2, 0) is 17.6 Å². The number of methoxy groups -OCH3 is 1. The van der Waals surface area contributed by atoms with Gasteiger partial charge in [0.2, 0.25) is 0 Å². The van der Waals surface area contributed by atoms with Crippen molar-refractivity contribution >= 4 is 11.3 Å². The lowest BCUT2D eigenvalue weighted by Gasteiger charge is -2.20. The van der Waals surface area contributed by atoms with E-state index in [4.69, 9.17) is 4.74 Å². The van der Waals surface area contributed by atoms with Crippen LogP contribution in [0.5, 0.6) is 0 Å². The maximum Gasteiger partial charge on any atom is 0.0587 e. The van der Waals surface area contributed by atoms with Gasteiger partial charge < -0.3 is 10.1 Å². The molecule has 0 bridgehead atoms. The van der Waals surface area contributed by atoms with Gasteiger partial charge in [-0.1, -0.05) is 20.8 Å². The minimum atomic E-state index is 0.713. The fourth-order valence-corrected chi connectivity index (χ4v) is 3.04. The molecule has 1 unspecified atom stereocenters. The fourth-order valence-electron chi connectivity index (χ4n) is 1.99. The Balaban J connectivity index is 2.41. The smallest absolute Gasteiger partial charge is 0.0587 e. The Hall–Kier alpha value is -0.380. The SMILES string of the molecule is CCc1ccc(CC(CNCCOC)C(C)C)s1. The molecule has 0 saturated heterocycles. The van der Waals surface area contributed by atoms with Crippen LogP contribution in [-0.4, -0.2) is 26.8 Å². The first-order chi connectivity index (χ1) is 8.67. The number of thiophene rings is 1. The van der Waals surface area contributed by atoms with Crippen LogP contribution in [0.15, 0.2) is 12.1 Å². The van der Waals surface area contributed by atoms with Gasteiger partial charge in [-0.05, 0) is 43.4 Å². The lowest BCUT2D eigenvalue weighted by molar-refractivity contribution is 0.196. The molecular weight excluding hydrogens is 242 g/mol. The zero-order valence-corrected chi connectivity index (χ0v) is 13.0. The average molecular weight is 269 g/mol. The van der Waals surface area contributed by atoms with Crippen molar-refractivity contribution in [3.8, 4) is 0 Å². The van der Waals surface area contributed by atoms with Crippen molar-refractivity contribution in [3.63, 3.8) is 0 Å². The second-order valence-corrected chi connectivity index (χ2v) is 6.38. The molecule has 104 valence electrons. The molecule has 1 N–H and O–H groups in total. The monoisotopic (exact) mass is 269 g/mol. The lowest BCUT2D eigenvalue weighted by atomic mass is 9.92. The van der Waals surface area contributed by atoms with Gasteiger partial charge in [0, 0.05) is 23.4 Å². The fraction of sp³-hybridized carbons (Fsp3) is 0.733. The molecule has 0 spiro atoms. The summed E-state index contributed by atoms with van der Waals surface area (Å²) in [6.45, 7) is 9.68. The van der Waals surface area contributed by atoms with E-state index in [1.807, 2.05) is 11.3 Å². The standard InChI is InChI=1S/C15H27NOS/c1-5-14-6-7-15(18-14)10-13(12(2)3)11-16-8-9-17-4/h6-7,12-13,16H,5,8-11H2,1-4H3. The van der Waals surface area contributed by atoms with Crippen molar-refractivity contribution in [1.82, 2.24) is 5.32 Å². The summed E-state index contributed by atoms with van der Waals surface area (Å²) >= 11 is 1.97. The summed E-state index contributed by atoms with van der Waals surface area (Å²) in [7, 11) is 1.75. The Bertz CT molecular complexity index is 322. The number of ether oxygens (including phenoxy) is 1. The van der Waals surface area contributed by atoms with Crippen LogP contribution < -0.4 is 5.32 Å². The van der Waals surface area contributed by atoms with Crippen molar-refractivity contribution in [2.75, 3.05) is 26.8 Å². The van der Waals surface area contributed by atoms with Crippen LogP contribution >= 0.6 is 11.3 Å². The van der Waals surface area contributed by atoms with Crippen LogP contribution in [0.25, 0.3) is 0 Å². The van der Waals surface area contributed by atoms with Crippen molar-refractivity contribution in [2.45, 2.75) is 33.6 Å². The Morgan fingerprint density at radius 3 is 2.56 bits per heavy atom. The van der Waals surface area contributed by atoms with Gasteiger partial charge >= 0.3 is 0 Å². The molecule has 2 nitrogen and oxygen atoms in total. The topological polar surface area (TPSA) is 21.3 Å². The third-order valence-corrected chi connectivity index (χ3v) is 4.61. The number of nitrogens with one attached hydrogen (secondary N) is 1. The highest BCUT2D eigenvalue weighted by Crippen LogP contribution is 2.23. The highest BCUT2D eigenvalue weighted by atomic mass is 32.1. The van der Waals surface area contributed by atoms with Crippen molar-refractivity contribution in [1.29, 1.82) is 0 Å². The van der Waals surface area contributed by atoms with Crippen LogP contribution in [0.1, 0.15) is 30.5 Å².